The number of pyridine rings is 1. The Kier molecular flexibility index (Phi) is 4.32. The molecular formula is C12H13F3N4S. The summed E-state index contributed by atoms with van der Waals surface area (Å²) in [5, 5.41) is 8.15. The fraction of sp³-hybridized carbons (Fsp3) is 0.417. The molecule has 0 bridgehead atoms. The van der Waals surface area contributed by atoms with Crippen LogP contribution in [-0.4, -0.2) is 31.2 Å². The molecule has 0 radical (unpaired) electrons. The van der Waals surface area contributed by atoms with Gasteiger partial charge in [0.15, 0.2) is 11.0 Å². The SMILES string of the molecule is CC(C)Sc1nnc(-c2ccncc2)n1CC(F)(F)F. The van der Waals surface area contributed by atoms with Gasteiger partial charge in [-0.3, -0.25) is 9.55 Å². The van der Waals surface area contributed by atoms with Gasteiger partial charge in [-0.05, 0) is 12.1 Å². The van der Waals surface area contributed by atoms with E-state index in [1.165, 1.54) is 24.2 Å². The molecule has 2 aromatic heterocycles. The van der Waals surface area contributed by atoms with Crippen LogP contribution < -0.4 is 0 Å². The predicted octanol–water partition coefficient (Wildman–Crippen LogP) is 3.40. The van der Waals surface area contributed by atoms with Crippen LogP contribution in [0.25, 0.3) is 11.4 Å². The van der Waals surface area contributed by atoms with E-state index in [0.29, 0.717) is 5.56 Å². The molecule has 0 unspecified atom stereocenters. The highest BCUT2D eigenvalue weighted by Gasteiger charge is 2.31. The Bertz CT molecular complexity index is 566. The Balaban J connectivity index is 2.44. The van der Waals surface area contributed by atoms with Crippen molar-refractivity contribution in [2.75, 3.05) is 0 Å². The highest BCUT2D eigenvalue weighted by molar-refractivity contribution is 7.99. The Morgan fingerprint density at radius 2 is 1.85 bits per heavy atom. The van der Waals surface area contributed by atoms with E-state index in [9.17, 15) is 13.2 Å². The first-order valence-electron chi connectivity index (χ1n) is 5.94. The zero-order valence-corrected chi connectivity index (χ0v) is 11.7. The van der Waals surface area contributed by atoms with Crippen molar-refractivity contribution in [3.8, 4) is 11.4 Å². The average Bonchev–Trinajstić information content (AvgIpc) is 2.71. The van der Waals surface area contributed by atoms with Crippen molar-refractivity contribution in [2.45, 2.75) is 37.0 Å². The lowest BCUT2D eigenvalue weighted by molar-refractivity contribution is -0.141. The van der Waals surface area contributed by atoms with E-state index in [0.717, 1.165) is 4.57 Å². The van der Waals surface area contributed by atoms with Gasteiger partial charge in [-0.2, -0.15) is 13.2 Å². The zero-order chi connectivity index (χ0) is 14.8. The summed E-state index contributed by atoms with van der Waals surface area (Å²) in [4.78, 5) is 3.85. The quantitative estimate of drug-likeness (QED) is 0.812. The van der Waals surface area contributed by atoms with Gasteiger partial charge in [-0.1, -0.05) is 25.6 Å². The van der Waals surface area contributed by atoms with E-state index in [1.54, 1.807) is 12.1 Å². The molecule has 0 saturated heterocycles. The third-order valence-electron chi connectivity index (χ3n) is 2.33. The van der Waals surface area contributed by atoms with E-state index in [1.807, 2.05) is 13.8 Å². The fourth-order valence-electron chi connectivity index (χ4n) is 1.62. The first-order valence-corrected chi connectivity index (χ1v) is 6.82. The largest absolute Gasteiger partial charge is 0.406 e. The summed E-state index contributed by atoms with van der Waals surface area (Å²) in [7, 11) is 0. The first kappa shape index (κ1) is 14.8. The molecule has 4 nitrogen and oxygen atoms in total. The lowest BCUT2D eigenvalue weighted by atomic mass is 10.2. The summed E-state index contributed by atoms with van der Waals surface area (Å²) < 4.78 is 39.3. The maximum absolute atomic E-state index is 12.7. The van der Waals surface area contributed by atoms with Crippen LogP contribution in [-0.2, 0) is 6.54 Å². The molecular weight excluding hydrogens is 289 g/mol. The Morgan fingerprint density at radius 3 is 2.40 bits per heavy atom. The van der Waals surface area contributed by atoms with Gasteiger partial charge in [0.2, 0.25) is 0 Å². The molecule has 2 rings (SSSR count). The maximum atomic E-state index is 12.7. The molecule has 0 fully saturated rings. The summed E-state index contributed by atoms with van der Waals surface area (Å²) in [5.74, 6) is 0.202. The van der Waals surface area contributed by atoms with Crippen molar-refractivity contribution < 1.29 is 13.2 Å². The number of nitrogens with zero attached hydrogens (tertiary/aromatic N) is 4. The van der Waals surface area contributed by atoms with E-state index in [2.05, 4.69) is 15.2 Å². The molecule has 0 aliphatic heterocycles. The monoisotopic (exact) mass is 302 g/mol. The van der Waals surface area contributed by atoms with Gasteiger partial charge in [0, 0.05) is 23.2 Å². The van der Waals surface area contributed by atoms with E-state index < -0.39 is 12.7 Å². The molecule has 20 heavy (non-hydrogen) atoms. The summed E-state index contributed by atoms with van der Waals surface area (Å²) >= 11 is 1.25. The van der Waals surface area contributed by atoms with Crippen LogP contribution in [0.3, 0.4) is 0 Å². The second-order valence-electron chi connectivity index (χ2n) is 4.41. The first-order chi connectivity index (χ1) is 9.37. The standard InChI is InChI=1S/C12H13F3N4S/c1-8(2)20-11-18-17-10(9-3-5-16-6-4-9)19(11)7-12(13,14)15/h3-6,8H,7H2,1-2H3. The van der Waals surface area contributed by atoms with Crippen LogP contribution in [0.1, 0.15) is 13.8 Å². The molecule has 0 aliphatic carbocycles. The molecule has 2 aromatic rings. The Labute approximate surface area is 118 Å². The molecule has 0 N–H and O–H groups in total. The summed E-state index contributed by atoms with van der Waals surface area (Å²) in [6, 6.07) is 3.22. The second-order valence-corrected chi connectivity index (χ2v) is 5.95. The van der Waals surface area contributed by atoms with Crippen molar-refractivity contribution in [2.24, 2.45) is 0 Å². The van der Waals surface area contributed by atoms with Crippen molar-refractivity contribution >= 4 is 11.8 Å². The molecule has 0 aromatic carbocycles. The zero-order valence-electron chi connectivity index (χ0n) is 10.9. The summed E-state index contributed by atoms with van der Waals surface area (Å²) in [6.45, 7) is 2.68. The highest BCUT2D eigenvalue weighted by atomic mass is 32.2. The van der Waals surface area contributed by atoms with Crippen molar-refractivity contribution in [1.29, 1.82) is 0 Å². The Hall–Kier alpha value is -1.57. The van der Waals surface area contributed by atoms with E-state index >= 15 is 0 Å². The normalized spacial score (nSPS) is 12.1. The molecule has 0 atom stereocenters. The summed E-state index contributed by atoms with van der Waals surface area (Å²) in [6.07, 6.45) is -1.30. The van der Waals surface area contributed by atoms with Gasteiger partial charge < -0.3 is 0 Å². The number of aromatic nitrogens is 4. The van der Waals surface area contributed by atoms with E-state index in [-0.39, 0.29) is 16.2 Å². The van der Waals surface area contributed by atoms with Gasteiger partial charge in [0.25, 0.3) is 0 Å². The number of hydrogen-bond donors (Lipinski definition) is 0. The molecule has 0 amide bonds. The van der Waals surface area contributed by atoms with E-state index in [4.69, 9.17) is 0 Å². The fourth-order valence-corrected chi connectivity index (χ4v) is 2.41. The van der Waals surface area contributed by atoms with Crippen LogP contribution in [0.2, 0.25) is 0 Å². The minimum absolute atomic E-state index is 0.122. The van der Waals surface area contributed by atoms with Crippen LogP contribution in [0.5, 0.6) is 0 Å². The Morgan fingerprint density at radius 1 is 1.20 bits per heavy atom. The number of halogens is 3. The lowest BCUT2D eigenvalue weighted by Gasteiger charge is -2.13. The maximum Gasteiger partial charge on any atom is 0.406 e. The third-order valence-corrected chi connectivity index (χ3v) is 3.32. The topological polar surface area (TPSA) is 43.6 Å². The van der Waals surface area contributed by atoms with Gasteiger partial charge >= 0.3 is 6.18 Å². The minimum atomic E-state index is -4.32. The third kappa shape index (κ3) is 3.72. The van der Waals surface area contributed by atoms with Crippen molar-refractivity contribution in [3.63, 3.8) is 0 Å². The number of rotatable bonds is 4. The molecule has 0 saturated carbocycles. The lowest BCUT2D eigenvalue weighted by Crippen LogP contribution is -2.19. The highest BCUT2D eigenvalue weighted by Crippen LogP contribution is 2.29. The molecule has 0 aliphatic rings. The summed E-state index contributed by atoms with van der Waals surface area (Å²) in [5.41, 5.74) is 0.562. The van der Waals surface area contributed by atoms with Crippen LogP contribution in [0.15, 0.2) is 29.7 Å². The number of thioether (sulfide) groups is 1. The number of hydrogen-bond acceptors (Lipinski definition) is 4. The number of alkyl halides is 3. The average molecular weight is 302 g/mol. The predicted molar refractivity (Wildman–Crippen MR) is 70.3 cm³/mol. The minimum Gasteiger partial charge on any atom is -0.293 e. The van der Waals surface area contributed by atoms with Crippen molar-refractivity contribution in [1.82, 2.24) is 19.7 Å². The van der Waals surface area contributed by atoms with Crippen LogP contribution >= 0.6 is 11.8 Å². The smallest absolute Gasteiger partial charge is 0.293 e. The van der Waals surface area contributed by atoms with Gasteiger partial charge in [0.05, 0.1) is 0 Å². The molecule has 2 heterocycles. The van der Waals surface area contributed by atoms with Gasteiger partial charge in [-0.15, -0.1) is 10.2 Å². The molecule has 0 spiro atoms. The molecule has 108 valence electrons. The van der Waals surface area contributed by atoms with Crippen molar-refractivity contribution in [3.05, 3.63) is 24.5 Å². The van der Waals surface area contributed by atoms with Gasteiger partial charge in [-0.25, -0.2) is 0 Å². The van der Waals surface area contributed by atoms with Crippen LogP contribution in [0.4, 0.5) is 13.2 Å². The molecule has 8 heteroatoms. The van der Waals surface area contributed by atoms with Gasteiger partial charge in [0.1, 0.15) is 6.54 Å². The van der Waals surface area contributed by atoms with Crippen LogP contribution in [0, 0.1) is 0 Å². The second kappa shape index (κ2) is 5.82.